The minimum atomic E-state index is -0.251. The summed E-state index contributed by atoms with van der Waals surface area (Å²) in [6, 6.07) is 14.3. The van der Waals surface area contributed by atoms with Gasteiger partial charge in [-0.3, -0.25) is 4.90 Å². The number of hydrogen-bond donors (Lipinski definition) is 2. The molecule has 150 valence electrons. The largest absolute Gasteiger partial charge is 0.379 e. The van der Waals surface area contributed by atoms with Gasteiger partial charge in [0.05, 0.1) is 19.3 Å². The van der Waals surface area contributed by atoms with Crippen molar-refractivity contribution in [2.24, 2.45) is 0 Å². The summed E-state index contributed by atoms with van der Waals surface area (Å²) in [6.07, 6.45) is 0.659. The van der Waals surface area contributed by atoms with Gasteiger partial charge in [0.15, 0.2) is 0 Å². The number of halogens is 1. The summed E-state index contributed by atoms with van der Waals surface area (Å²) < 4.78 is 18.4. The van der Waals surface area contributed by atoms with Crippen LogP contribution in [-0.2, 0) is 11.2 Å². The van der Waals surface area contributed by atoms with E-state index < -0.39 is 0 Å². The van der Waals surface area contributed by atoms with E-state index in [1.807, 2.05) is 0 Å². The van der Waals surface area contributed by atoms with E-state index >= 15 is 0 Å². The van der Waals surface area contributed by atoms with Crippen LogP contribution in [0.2, 0.25) is 0 Å². The van der Waals surface area contributed by atoms with Crippen LogP contribution < -0.4 is 10.6 Å². The highest BCUT2D eigenvalue weighted by molar-refractivity contribution is 5.74. The number of benzene rings is 2. The molecule has 28 heavy (non-hydrogen) atoms. The molecule has 1 saturated heterocycles. The van der Waals surface area contributed by atoms with Gasteiger partial charge in [0.1, 0.15) is 5.82 Å². The molecule has 2 N–H and O–H groups in total. The maximum atomic E-state index is 13.0. The molecule has 2 aromatic carbocycles. The standard InChI is InChI=1S/C22H28FN3O2/c1-17-2-6-19(7-3-17)21(16-26-12-14-28-15-13-26)25-22(27)24-11-10-18-4-8-20(23)9-5-18/h2-9,21H,10-16H2,1H3,(H2,24,25,27). The lowest BCUT2D eigenvalue weighted by Crippen LogP contribution is -2.45. The van der Waals surface area contributed by atoms with Crippen LogP contribution in [0.5, 0.6) is 0 Å². The molecule has 0 aliphatic carbocycles. The third-order valence-corrected chi connectivity index (χ3v) is 4.94. The van der Waals surface area contributed by atoms with Gasteiger partial charge >= 0.3 is 6.03 Å². The lowest BCUT2D eigenvalue weighted by molar-refractivity contribution is 0.0340. The fourth-order valence-corrected chi connectivity index (χ4v) is 3.26. The van der Waals surface area contributed by atoms with Gasteiger partial charge < -0.3 is 15.4 Å². The predicted octanol–water partition coefficient (Wildman–Crippen LogP) is 3.05. The van der Waals surface area contributed by atoms with Crippen LogP contribution in [0.15, 0.2) is 48.5 Å². The summed E-state index contributed by atoms with van der Waals surface area (Å²) in [7, 11) is 0. The summed E-state index contributed by atoms with van der Waals surface area (Å²) in [5.74, 6) is -0.251. The van der Waals surface area contributed by atoms with E-state index in [-0.39, 0.29) is 17.9 Å². The van der Waals surface area contributed by atoms with Crippen molar-refractivity contribution >= 4 is 6.03 Å². The van der Waals surface area contributed by atoms with Crippen LogP contribution in [0, 0.1) is 12.7 Å². The number of carbonyl (C=O) groups excluding carboxylic acids is 1. The lowest BCUT2D eigenvalue weighted by atomic mass is 10.0. The first-order valence-electron chi connectivity index (χ1n) is 9.75. The van der Waals surface area contributed by atoms with E-state index in [1.165, 1.54) is 17.7 Å². The third kappa shape index (κ3) is 6.32. The zero-order valence-corrected chi connectivity index (χ0v) is 16.3. The molecule has 1 aliphatic rings. The van der Waals surface area contributed by atoms with E-state index in [9.17, 15) is 9.18 Å². The molecular weight excluding hydrogens is 357 g/mol. The van der Waals surface area contributed by atoms with Crippen LogP contribution in [0.1, 0.15) is 22.7 Å². The van der Waals surface area contributed by atoms with Gasteiger partial charge in [0, 0.05) is 26.2 Å². The molecule has 0 bridgehead atoms. The molecule has 1 unspecified atom stereocenters. The second kappa shape index (κ2) is 10.2. The van der Waals surface area contributed by atoms with Crippen LogP contribution >= 0.6 is 0 Å². The topological polar surface area (TPSA) is 53.6 Å². The maximum absolute atomic E-state index is 13.0. The number of carbonyl (C=O) groups is 1. The molecule has 0 saturated carbocycles. The minimum Gasteiger partial charge on any atom is -0.379 e. The number of ether oxygens (including phenoxy) is 1. The number of hydrogen-bond acceptors (Lipinski definition) is 3. The Hall–Kier alpha value is -2.44. The zero-order chi connectivity index (χ0) is 19.8. The van der Waals surface area contributed by atoms with Crippen molar-refractivity contribution < 1.29 is 13.9 Å². The quantitative estimate of drug-likeness (QED) is 0.770. The lowest BCUT2D eigenvalue weighted by Gasteiger charge is -2.31. The van der Waals surface area contributed by atoms with Crippen LogP contribution in [0.25, 0.3) is 0 Å². The van der Waals surface area contributed by atoms with Gasteiger partial charge in [-0.1, -0.05) is 42.0 Å². The second-order valence-electron chi connectivity index (χ2n) is 7.15. The second-order valence-corrected chi connectivity index (χ2v) is 7.15. The highest BCUT2D eigenvalue weighted by Crippen LogP contribution is 2.16. The summed E-state index contributed by atoms with van der Waals surface area (Å²) in [6.45, 7) is 6.49. The molecule has 0 spiro atoms. The monoisotopic (exact) mass is 385 g/mol. The predicted molar refractivity (Wildman–Crippen MR) is 108 cm³/mol. The number of nitrogens with zero attached hydrogens (tertiary/aromatic N) is 1. The summed E-state index contributed by atoms with van der Waals surface area (Å²) >= 11 is 0. The van der Waals surface area contributed by atoms with E-state index in [1.54, 1.807) is 12.1 Å². The average molecular weight is 385 g/mol. The first-order chi connectivity index (χ1) is 13.6. The molecule has 3 rings (SSSR count). The molecule has 6 heteroatoms. The van der Waals surface area contributed by atoms with Gasteiger partial charge in [-0.2, -0.15) is 0 Å². The van der Waals surface area contributed by atoms with Gasteiger partial charge in [0.2, 0.25) is 0 Å². The van der Waals surface area contributed by atoms with Gasteiger partial charge in [-0.15, -0.1) is 0 Å². The Balaban J connectivity index is 1.55. The smallest absolute Gasteiger partial charge is 0.315 e. The Kier molecular flexibility index (Phi) is 7.39. The number of amides is 2. The molecule has 2 aromatic rings. The Bertz CT molecular complexity index is 743. The molecule has 0 radical (unpaired) electrons. The SMILES string of the molecule is Cc1ccc(C(CN2CCOCC2)NC(=O)NCCc2ccc(F)cc2)cc1. The van der Waals surface area contributed by atoms with E-state index in [0.717, 1.165) is 44.0 Å². The first-order valence-corrected chi connectivity index (χ1v) is 9.75. The molecule has 0 aromatic heterocycles. The Labute approximate surface area is 165 Å². The van der Waals surface area contributed by atoms with E-state index in [2.05, 4.69) is 46.7 Å². The maximum Gasteiger partial charge on any atom is 0.315 e. The van der Waals surface area contributed by atoms with E-state index in [4.69, 9.17) is 4.74 Å². The van der Waals surface area contributed by atoms with Gasteiger partial charge in [-0.25, -0.2) is 9.18 Å². The van der Waals surface area contributed by atoms with E-state index in [0.29, 0.717) is 13.0 Å². The molecule has 1 atom stereocenters. The number of urea groups is 1. The van der Waals surface area contributed by atoms with Crippen LogP contribution in [0.3, 0.4) is 0 Å². The highest BCUT2D eigenvalue weighted by Gasteiger charge is 2.20. The first kappa shape index (κ1) is 20.3. The van der Waals surface area contributed by atoms with Crippen LogP contribution in [0.4, 0.5) is 9.18 Å². The number of rotatable bonds is 7. The molecule has 1 heterocycles. The Morgan fingerprint density at radius 1 is 1.11 bits per heavy atom. The van der Waals surface area contributed by atoms with Crippen molar-refractivity contribution in [3.05, 3.63) is 71.0 Å². The van der Waals surface area contributed by atoms with Crippen molar-refractivity contribution in [3.8, 4) is 0 Å². The number of aryl methyl sites for hydroxylation is 1. The fraction of sp³-hybridized carbons (Fsp3) is 0.409. The molecule has 1 aliphatic heterocycles. The zero-order valence-electron chi connectivity index (χ0n) is 16.3. The fourth-order valence-electron chi connectivity index (χ4n) is 3.26. The van der Waals surface area contributed by atoms with Crippen molar-refractivity contribution in [1.29, 1.82) is 0 Å². The Morgan fingerprint density at radius 3 is 2.46 bits per heavy atom. The molecule has 5 nitrogen and oxygen atoms in total. The molecule has 1 fully saturated rings. The third-order valence-electron chi connectivity index (χ3n) is 4.94. The van der Waals surface area contributed by atoms with Gasteiger partial charge in [0.25, 0.3) is 0 Å². The summed E-state index contributed by atoms with van der Waals surface area (Å²) in [4.78, 5) is 14.8. The van der Waals surface area contributed by atoms with Crippen molar-refractivity contribution in [3.63, 3.8) is 0 Å². The number of nitrogens with one attached hydrogen (secondary N) is 2. The summed E-state index contributed by atoms with van der Waals surface area (Å²) in [5, 5.41) is 6.01. The average Bonchev–Trinajstić information content (AvgIpc) is 2.70. The van der Waals surface area contributed by atoms with Crippen molar-refractivity contribution in [2.75, 3.05) is 39.4 Å². The van der Waals surface area contributed by atoms with Crippen LogP contribution in [-0.4, -0.2) is 50.3 Å². The number of morpholine rings is 1. The molecular formula is C22H28FN3O2. The highest BCUT2D eigenvalue weighted by atomic mass is 19.1. The van der Waals surface area contributed by atoms with Gasteiger partial charge in [-0.05, 0) is 36.6 Å². The minimum absolute atomic E-state index is 0.0930. The van der Waals surface area contributed by atoms with Crippen molar-refractivity contribution in [2.45, 2.75) is 19.4 Å². The van der Waals surface area contributed by atoms with Crippen molar-refractivity contribution in [1.82, 2.24) is 15.5 Å². The Morgan fingerprint density at radius 2 is 1.79 bits per heavy atom. The molecule has 2 amide bonds. The summed E-state index contributed by atoms with van der Waals surface area (Å²) in [5.41, 5.74) is 3.27. The normalized spacial score (nSPS) is 15.8.